The molecule has 0 saturated heterocycles. The Labute approximate surface area is 92.2 Å². The van der Waals surface area contributed by atoms with Crippen molar-refractivity contribution in [3.8, 4) is 0 Å². The molecule has 1 aromatic heterocycles. The van der Waals surface area contributed by atoms with E-state index in [1.807, 2.05) is 0 Å². The largest absolute Gasteiger partial charge is 1.00 e. The van der Waals surface area contributed by atoms with E-state index < -0.39 is 8.25 Å². The Balaban J connectivity index is -0.000000124. The van der Waals surface area contributed by atoms with Crippen LogP contribution in [-0.2, 0) is 4.57 Å². The van der Waals surface area contributed by atoms with Crippen molar-refractivity contribution in [1.29, 1.82) is 0 Å². The van der Waals surface area contributed by atoms with Crippen LogP contribution in [0, 0.1) is 0 Å². The molecular weight excluding hydrogens is 194 g/mol. The Kier molecular flexibility index (Phi) is 20.7. The predicted octanol–water partition coefficient (Wildman–Crippen LogP) is -4.62. The van der Waals surface area contributed by atoms with E-state index >= 15 is 0 Å². The van der Waals surface area contributed by atoms with E-state index in [4.69, 9.17) is 14.4 Å². The summed E-state index contributed by atoms with van der Waals surface area (Å²) in [5.41, 5.74) is 0. The van der Waals surface area contributed by atoms with Gasteiger partial charge < -0.3 is 19.8 Å². The van der Waals surface area contributed by atoms with Crippen LogP contribution in [0.25, 0.3) is 0 Å². The van der Waals surface area contributed by atoms with Gasteiger partial charge in [-0.25, -0.2) is 0 Å². The van der Waals surface area contributed by atoms with E-state index in [1.165, 1.54) is 0 Å². The van der Waals surface area contributed by atoms with Crippen molar-refractivity contribution >= 4 is 8.25 Å². The summed E-state index contributed by atoms with van der Waals surface area (Å²) in [4.78, 5) is 23.1. The van der Waals surface area contributed by atoms with Crippen molar-refractivity contribution in [2.24, 2.45) is 0 Å². The summed E-state index contributed by atoms with van der Waals surface area (Å²) >= 11 is 0. The molecule has 0 aliphatic rings. The van der Waals surface area contributed by atoms with E-state index in [1.54, 1.807) is 24.8 Å². The minimum absolute atomic E-state index is 0. The fourth-order valence-electron chi connectivity index (χ4n) is 0.253. The van der Waals surface area contributed by atoms with Crippen LogP contribution in [0.2, 0.25) is 0 Å². The minimum atomic E-state index is -3.38. The summed E-state index contributed by atoms with van der Waals surface area (Å²) in [5.74, 6) is 0. The first-order valence-electron chi connectivity index (χ1n) is 2.33. The molecule has 0 fully saturated rings. The third-order valence-corrected chi connectivity index (χ3v) is 0.478. The molecule has 0 aliphatic carbocycles. The second-order valence-corrected chi connectivity index (χ2v) is 1.69. The second kappa shape index (κ2) is 13.8. The first-order chi connectivity index (χ1) is 4.73. The molecule has 0 bridgehead atoms. The molecule has 0 amide bonds. The maximum atomic E-state index is 8.63. The van der Waals surface area contributed by atoms with Crippen molar-refractivity contribution in [3.63, 3.8) is 0 Å². The molecule has 1 heterocycles. The van der Waals surface area contributed by atoms with Gasteiger partial charge in [-0.05, 0) is 0 Å². The molecule has 1 unspecified atom stereocenters. The van der Waals surface area contributed by atoms with Crippen LogP contribution in [0.1, 0.15) is 0 Å². The molecule has 1 aromatic rings. The zero-order chi connectivity index (χ0) is 7.82. The molecule has 0 spiro atoms. The van der Waals surface area contributed by atoms with Crippen LogP contribution in [0.3, 0.4) is 0 Å². The SMILES string of the molecule is O.O=[PH]([O-])O.[Na+].c1cnccn1. The van der Waals surface area contributed by atoms with Crippen molar-refractivity contribution in [2.45, 2.75) is 0 Å². The van der Waals surface area contributed by atoms with Crippen molar-refractivity contribution in [1.82, 2.24) is 9.97 Å². The number of rotatable bonds is 0. The van der Waals surface area contributed by atoms with Crippen LogP contribution in [0.4, 0.5) is 0 Å². The minimum Gasteiger partial charge on any atom is -0.781 e. The molecule has 1 atom stereocenters. The molecule has 12 heavy (non-hydrogen) atoms. The molecule has 0 saturated carbocycles. The molecule has 0 radical (unpaired) electrons. The Morgan fingerprint density at radius 2 is 1.33 bits per heavy atom. The molecule has 3 N–H and O–H groups in total. The number of nitrogens with zero attached hydrogens (tertiary/aromatic N) is 2. The fourth-order valence-corrected chi connectivity index (χ4v) is 0.253. The summed E-state index contributed by atoms with van der Waals surface area (Å²) in [5, 5.41) is 0. The third-order valence-electron chi connectivity index (χ3n) is 0.478. The van der Waals surface area contributed by atoms with Gasteiger partial charge in [0.2, 0.25) is 0 Å². The molecule has 6 nitrogen and oxygen atoms in total. The molecule has 0 aromatic carbocycles. The molecule has 64 valence electrons. The second-order valence-electron chi connectivity index (χ2n) is 1.16. The topological polar surface area (TPSA) is 118 Å². The van der Waals surface area contributed by atoms with Crippen molar-refractivity contribution in [3.05, 3.63) is 24.8 Å². The maximum absolute atomic E-state index is 8.63. The summed E-state index contributed by atoms with van der Waals surface area (Å²) < 4.78 is 8.63. The summed E-state index contributed by atoms with van der Waals surface area (Å²) in [6, 6.07) is 0. The average molecular weight is 202 g/mol. The third kappa shape index (κ3) is 22.5. The smallest absolute Gasteiger partial charge is 0.781 e. The van der Waals surface area contributed by atoms with Gasteiger partial charge in [0.05, 0.1) is 0 Å². The molecule has 1 rings (SSSR count). The van der Waals surface area contributed by atoms with Gasteiger partial charge in [-0.2, -0.15) is 0 Å². The van der Waals surface area contributed by atoms with Crippen LogP contribution >= 0.6 is 8.25 Å². The van der Waals surface area contributed by atoms with Crippen molar-refractivity contribution in [2.75, 3.05) is 0 Å². The Bertz CT molecular complexity index is 157. The van der Waals surface area contributed by atoms with E-state index in [-0.39, 0.29) is 35.0 Å². The van der Waals surface area contributed by atoms with E-state index in [9.17, 15) is 0 Å². The van der Waals surface area contributed by atoms with Crippen LogP contribution < -0.4 is 34.5 Å². The van der Waals surface area contributed by atoms with Crippen LogP contribution in [-0.4, -0.2) is 20.3 Å². The van der Waals surface area contributed by atoms with E-state index in [2.05, 4.69) is 9.97 Å². The first-order valence-corrected chi connectivity index (χ1v) is 3.60. The van der Waals surface area contributed by atoms with Gasteiger partial charge in [0, 0.05) is 24.8 Å². The monoisotopic (exact) mass is 202 g/mol. The normalized spacial score (nSPS) is 9.17. The maximum Gasteiger partial charge on any atom is 1.00 e. The van der Waals surface area contributed by atoms with Gasteiger partial charge in [-0.3, -0.25) is 9.97 Å². The van der Waals surface area contributed by atoms with Crippen LogP contribution in [0.5, 0.6) is 0 Å². The molecule has 8 heteroatoms. The predicted molar refractivity (Wildman–Crippen MR) is 36.9 cm³/mol. The standard InChI is InChI=1S/C4H4N2.Na.H3O3P.H2O/c1-2-6-4-3-5-1;;1-4(2)3;/h1-4H;;4H,(H2,1,2,3);1H2/q;+1;;/p-1. The quantitative estimate of drug-likeness (QED) is 0.335. The Hall–Kier alpha value is 0.190. The fraction of sp³-hybridized carbons (Fsp3) is 0. The van der Waals surface area contributed by atoms with Crippen molar-refractivity contribution < 1.29 is 49.4 Å². The molecular formula is C4H8N2NaO4P. The van der Waals surface area contributed by atoms with Gasteiger partial charge in [-0.1, -0.05) is 0 Å². The van der Waals surface area contributed by atoms with Gasteiger partial charge >= 0.3 is 29.6 Å². The summed E-state index contributed by atoms with van der Waals surface area (Å²) in [7, 11) is -3.38. The zero-order valence-corrected chi connectivity index (χ0v) is 9.47. The molecule has 0 aliphatic heterocycles. The van der Waals surface area contributed by atoms with E-state index in [0.29, 0.717) is 0 Å². The van der Waals surface area contributed by atoms with Gasteiger partial charge in [0.25, 0.3) is 0 Å². The van der Waals surface area contributed by atoms with Gasteiger partial charge in [-0.15, -0.1) is 0 Å². The Morgan fingerprint density at radius 3 is 1.42 bits per heavy atom. The number of aromatic nitrogens is 2. The zero-order valence-electron chi connectivity index (χ0n) is 6.47. The average Bonchev–Trinajstić information content (AvgIpc) is 1.90. The summed E-state index contributed by atoms with van der Waals surface area (Å²) in [6.07, 6.45) is 6.56. The summed E-state index contributed by atoms with van der Waals surface area (Å²) in [6.45, 7) is 0. The Morgan fingerprint density at radius 1 is 1.17 bits per heavy atom. The van der Waals surface area contributed by atoms with Gasteiger partial charge in [0.15, 0.2) is 0 Å². The van der Waals surface area contributed by atoms with E-state index in [0.717, 1.165) is 0 Å². The number of hydrogen-bond donors (Lipinski definition) is 1. The number of hydrogen-bond acceptors (Lipinski definition) is 4. The first kappa shape index (κ1) is 18.1. The van der Waals surface area contributed by atoms with Crippen LogP contribution in [0.15, 0.2) is 24.8 Å². The van der Waals surface area contributed by atoms with Gasteiger partial charge in [0.1, 0.15) is 8.25 Å².